The van der Waals surface area contributed by atoms with E-state index in [1.807, 2.05) is 18.2 Å². The van der Waals surface area contributed by atoms with Crippen LogP contribution in [0.2, 0.25) is 0 Å². The van der Waals surface area contributed by atoms with Gasteiger partial charge in [-0.25, -0.2) is 0 Å². The Morgan fingerprint density at radius 3 is 2.71 bits per heavy atom. The van der Waals surface area contributed by atoms with Gasteiger partial charge >= 0.3 is 5.97 Å². The van der Waals surface area contributed by atoms with Crippen LogP contribution in [0.3, 0.4) is 0 Å². The number of nitrogens with zero attached hydrogens (tertiary/aromatic N) is 1. The van der Waals surface area contributed by atoms with Gasteiger partial charge < -0.3 is 9.84 Å². The lowest BCUT2D eigenvalue weighted by Gasteiger charge is -2.42. The normalized spacial score (nSPS) is 35.7. The number of esters is 1. The minimum atomic E-state index is -0.325. The van der Waals surface area contributed by atoms with Crippen molar-refractivity contribution in [1.82, 2.24) is 4.90 Å². The minimum absolute atomic E-state index is 0.0771. The Bertz CT molecular complexity index is 504. The van der Waals surface area contributed by atoms with E-state index in [0.29, 0.717) is 6.04 Å². The van der Waals surface area contributed by atoms with Crippen molar-refractivity contribution in [2.75, 3.05) is 7.05 Å². The van der Waals surface area contributed by atoms with E-state index in [2.05, 4.69) is 24.1 Å². The number of aliphatic hydroxyl groups is 1. The molecule has 3 rings (SSSR count). The third-order valence-corrected chi connectivity index (χ3v) is 5.01. The van der Waals surface area contributed by atoms with Crippen molar-refractivity contribution in [2.24, 2.45) is 5.92 Å². The average molecular weight is 289 g/mol. The standard InChI is InChI=1S/C17H23NO3/c1-11(19)21-16-10-13-9-15(20)17(18(13)2)14(16)8-12-6-4-3-5-7-12/h3-7,13-17,20H,8-10H2,1-2H3. The molecular weight excluding hydrogens is 266 g/mol. The molecule has 2 aliphatic heterocycles. The second-order valence-electron chi connectivity index (χ2n) is 6.35. The van der Waals surface area contributed by atoms with E-state index in [-0.39, 0.29) is 30.1 Å². The topological polar surface area (TPSA) is 49.8 Å². The number of ether oxygens (including phenoxy) is 1. The summed E-state index contributed by atoms with van der Waals surface area (Å²) >= 11 is 0. The number of hydrogen-bond donors (Lipinski definition) is 1. The summed E-state index contributed by atoms with van der Waals surface area (Å²) in [5.41, 5.74) is 1.23. The second-order valence-corrected chi connectivity index (χ2v) is 6.35. The maximum absolute atomic E-state index is 11.4. The van der Waals surface area contributed by atoms with Crippen LogP contribution in [0.15, 0.2) is 30.3 Å². The van der Waals surface area contributed by atoms with Gasteiger partial charge in [-0.3, -0.25) is 9.69 Å². The molecule has 2 aliphatic rings. The average Bonchev–Trinajstić information content (AvgIpc) is 2.62. The molecular formula is C17H23NO3. The summed E-state index contributed by atoms with van der Waals surface area (Å²) in [5.74, 6) is -0.0773. The molecule has 5 unspecified atom stereocenters. The zero-order chi connectivity index (χ0) is 15.0. The number of fused-ring (bicyclic) bond motifs is 2. The smallest absolute Gasteiger partial charge is 0.302 e. The molecule has 1 aromatic carbocycles. The third-order valence-electron chi connectivity index (χ3n) is 5.01. The van der Waals surface area contributed by atoms with E-state index in [0.717, 1.165) is 19.3 Å². The molecule has 1 N–H and O–H groups in total. The maximum atomic E-state index is 11.4. The van der Waals surface area contributed by atoms with Crippen LogP contribution in [0.25, 0.3) is 0 Å². The number of likely N-dealkylation sites (N-methyl/N-ethyl adjacent to an activating group) is 1. The van der Waals surface area contributed by atoms with Crippen molar-refractivity contribution in [3.63, 3.8) is 0 Å². The SMILES string of the molecule is CC(=O)OC1CC2CC(O)C(C1Cc1ccccc1)N2C. The van der Waals surface area contributed by atoms with Crippen LogP contribution in [-0.4, -0.2) is 47.3 Å². The van der Waals surface area contributed by atoms with E-state index in [9.17, 15) is 9.90 Å². The Kier molecular flexibility index (Phi) is 4.00. The fourth-order valence-corrected chi connectivity index (χ4v) is 4.10. The first kappa shape index (κ1) is 14.5. The summed E-state index contributed by atoms with van der Waals surface area (Å²) in [6.45, 7) is 1.47. The highest BCUT2D eigenvalue weighted by Gasteiger charge is 2.51. The van der Waals surface area contributed by atoms with Crippen LogP contribution in [0.1, 0.15) is 25.3 Å². The highest BCUT2D eigenvalue weighted by molar-refractivity contribution is 5.66. The highest BCUT2D eigenvalue weighted by atomic mass is 16.5. The fraction of sp³-hybridized carbons (Fsp3) is 0.588. The lowest BCUT2D eigenvalue weighted by molar-refractivity contribution is -0.155. The Labute approximate surface area is 125 Å². The van der Waals surface area contributed by atoms with Crippen LogP contribution in [0.5, 0.6) is 0 Å². The number of aliphatic hydroxyl groups excluding tert-OH is 1. The van der Waals surface area contributed by atoms with Gasteiger partial charge in [0.25, 0.3) is 0 Å². The Morgan fingerprint density at radius 1 is 1.33 bits per heavy atom. The number of hydrogen-bond acceptors (Lipinski definition) is 4. The molecule has 4 heteroatoms. The van der Waals surface area contributed by atoms with Crippen molar-refractivity contribution >= 4 is 5.97 Å². The molecule has 21 heavy (non-hydrogen) atoms. The van der Waals surface area contributed by atoms with Crippen LogP contribution in [-0.2, 0) is 16.0 Å². The molecule has 0 amide bonds. The highest BCUT2D eigenvalue weighted by Crippen LogP contribution is 2.41. The molecule has 0 saturated carbocycles. The Balaban J connectivity index is 1.85. The van der Waals surface area contributed by atoms with Gasteiger partial charge in [-0.2, -0.15) is 0 Å². The van der Waals surface area contributed by atoms with Gasteiger partial charge in [0, 0.05) is 31.3 Å². The first-order valence-electron chi connectivity index (χ1n) is 7.67. The number of carbonyl (C=O) groups is 1. The molecule has 5 atom stereocenters. The van der Waals surface area contributed by atoms with Crippen molar-refractivity contribution in [3.05, 3.63) is 35.9 Å². The molecule has 2 fully saturated rings. The van der Waals surface area contributed by atoms with Gasteiger partial charge in [0.2, 0.25) is 0 Å². The van der Waals surface area contributed by atoms with Gasteiger partial charge in [-0.05, 0) is 25.5 Å². The largest absolute Gasteiger partial charge is 0.462 e. The van der Waals surface area contributed by atoms with Gasteiger partial charge in [0.1, 0.15) is 6.10 Å². The monoisotopic (exact) mass is 289 g/mol. The molecule has 1 aromatic rings. The van der Waals surface area contributed by atoms with Gasteiger partial charge in [0.15, 0.2) is 0 Å². The fourth-order valence-electron chi connectivity index (χ4n) is 4.10. The van der Waals surface area contributed by atoms with Crippen LogP contribution < -0.4 is 0 Å². The minimum Gasteiger partial charge on any atom is -0.462 e. The molecule has 0 radical (unpaired) electrons. The summed E-state index contributed by atoms with van der Waals surface area (Å²) in [6, 6.07) is 10.6. The predicted octanol–water partition coefficient (Wildman–Crippen LogP) is 1.61. The third kappa shape index (κ3) is 2.83. The predicted molar refractivity (Wildman–Crippen MR) is 79.8 cm³/mol. The first-order chi connectivity index (χ1) is 10.1. The van der Waals surface area contributed by atoms with E-state index in [4.69, 9.17) is 4.74 Å². The zero-order valence-corrected chi connectivity index (χ0v) is 12.6. The zero-order valence-electron chi connectivity index (χ0n) is 12.6. The Hall–Kier alpha value is -1.39. The summed E-state index contributed by atoms with van der Waals surface area (Å²) in [7, 11) is 2.08. The molecule has 2 bridgehead atoms. The quantitative estimate of drug-likeness (QED) is 0.859. The summed E-state index contributed by atoms with van der Waals surface area (Å²) in [4.78, 5) is 13.7. The molecule has 114 valence electrons. The second kappa shape index (κ2) is 5.78. The van der Waals surface area contributed by atoms with E-state index in [1.54, 1.807) is 0 Å². The van der Waals surface area contributed by atoms with Gasteiger partial charge in [-0.15, -0.1) is 0 Å². The molecule has 0 aromatic heterocycles. The van der Waals surface area contributed by atoms with Gasteiger partial charge in [0.05, 0.1) is 6.10 Å². The number of carbonyl (C=O) groups excluding carboxylic acids is 1. The summed E-state index contributed by atoms with van der Waals surface area (Å²) < 4.78 is 5.58. The van der Waals surface area contributed by atoms with E-state index < -0.39 is 0 Å². The van der Waals surface area contributed by atoms with Crippen LogP contribution >= 0.6 is 0 Å². The lowest BCUT2D eigenvalue weighted by Crippen LogP contribution is -2.53. The van der Waals surface area contributed by atoms with Crippen molar-refractivity contribution in [2.45, 2.75) is 50.5 Å². The van der Waals surface area contributed by atoms with Crippen molar-refractivity contribution in [3.8, 4) is 0 Å². The molecule has 2 heterocycles. The van der Waals surface area contributed by atoms with Crippen LogP contribution in [0.4, 0.5) is 0 Å². The van der Waals surface area contributed by atoms with Gasteiger partial charge in [-0.1, -0.05) is 30.3 Å². The van der Waals surface area contributed by atoms with E-state index in [1.165, 1.54) is 12.5 Å². The number of rotatable bonds is 3. The first-order valence-corrected chi connectivity index (χ1v) is 7.67. The molecule has 0 spiro atoms. The van der Waals surface area contributed by atoms with Crippen molar-refractivity contribution < 1.29 is 14.6 Å². The number of benzene rings is 1. The maximum Gasteiger partial charge on any atom is 0.302 e. The van der Waals surface area contributed by atoms with Crippen molar-refractivity contribution in [1.29, 1.82) is 0 Å². The summed E-state index contributed by atoms with van der Waals surface area (Å²) in [6.07, 6.45) is 2.02. The molecule has 0 aliphatic carbocycles. The molecule has 2 saturated heterocycles. The lowest BCUT2D eigenvalue weighted by atomic mass is 9.82. The summed E-state index contributed by atoms with van der Waals surface area (Å²) in [5, 5.41) is 10.4. The van der Waals surface area contributed by atoms with E-state index >= 15 is 0 Å². The van der Waals surface area contributed by atoms with Crippen LogP contribution in [0, 0.1) is 5.92 Å². The Morgan fingerprint density at radius 2 is 2.05 bits per heavy atom. The molecule has 4 nitrogen and oxygen atoms in total. The number of piperidine rings is 1.